The summed E-state index contributed by atoms with van der Waals surface area (Å²) < 4.78 is 35.6. The Bertz CT molecular complexity index is 1570. The first kappa shape index (κ1) is 30.3. The van der Waals surface area contributed by atoms with Crippen molar-refractivity contribution in [2.24, 2.45) is 0 Å². The number of aromatic nitrogens is 1. The number of para-hydroxylation sites is 2. The second-order valence-corrected chi connectivity index (χ2v) is 12.3. The van der Waals surface area contributed by atoms with E-state index in [0.717, 1.165) is 38.9 Å². The molecule has 1 aromatic heterocycles. The topological polar surface area (TPSA) is 57.7 Å². The van der Waals surface area contributed by atoms with Crippen LogP contribution in [0, 0.1) is 27.7 Å². The quantitative estimate of drug-likeness (QED) is 0.143. The molecule has 2 atom stereocenters. The Morgan fingerprint density at radius 2 is 1.07 bits per heavy atom. The summed E-state index contributed by atoms with van der Waals surface area (Å²) in [5.74, 6) is 0.679. The molecule has 5 nitrogen and oxygen atoms in total. The first-order chi connectivity index (χ1) is 20.8. The van der Waals surface area contributed by atoms with Gasteiger partial charge >= 0.3 is 7.82 Å². The molecule has 0 N–H and O–H groups in total. The summed E-state index contributed by atoms with van der Waals surface area (Å²) in [4.78, 5) is 4.30. The van der Waals surface area contributed by atoms with Crippen LogP contribution in [0.25, 0.3) is 0 Å². The molecule has 0 amide bonds. The van der Waals surface area contributed by atoms with E-state index >= 15 is 4.57 Å². The van der Waals surface area contributed by atoms with Crippen LogP contribution in [0.3, 0.4) is 0 Å². The number of nitrogens with zero attached hydrogens (tertiary/aromatic N) is 1. The summed E-state index contributed by atoms with van der Waals surface area (Å²) >= 11 is 0. The van der Waals surface area contributed by atoms with Gasteiger partial charge in [0.05, 0.1) is 0 Å². The van der Waals surface area contributed by atoms with Crippen LogP contribution in [0.5, 0.6) is 11.5 Å². The zero-order valence-electron chi connectivity index (χ0n) is 25.4. The Labute approximate surface area is 255 Å². The van der Waals surface area contributed by atoms with Crippen molar-refractivity contribution >= 4 is 7.82 Å². The van der Waals surface area contributed by atoms with E-state index in [-0.39, 0.29) is 5.92 Å². The lowest BCUT2D eigenvalue weighted by Crippen LogP contribution is -2.38. The number of aryl methyl sites for hydroxylation is 4. The highest BCUT2D eigenvalue weighted by Crippen LogP contribution is 2.61. The largest absolute Gasteiger partial charge is 0.588 e. The first-order valence-corrected chi connectivity index (χ1v) is 16.1. The van der Waals surface area contributed by atoms with Crippen LogP contribution < -0.4 is 9.05 Å². The lowest BCUT2D eigenvalue weighted by atomic mass is 9.72. The van der Waals surface area contributed by atoms with Crippen molar-refractivity contribution in [2.75, 3.05) is 0 Å². The monoisotopic (exact) mass is 591 g/mol. The van der Waals surface area contributed by atoms with E-state index in [9.17, 15) is 0 Å². The highest BCUT2D eigenvalue weighted by molar-refractivity contribution is 7.49. The summed E-state index contributed by atoms with van der Waals surface area (Å²) in [6.45, 7) is 9.83. The molecule has 0 aliphatic carbocycles. The second kappa shape index (κ2) is 13.0. The number of benzene rings is 4. The molecule has 0 spiro atoms. The average molecular weight is 592 g/mol. The summed E-state index contributed by atoms with van der Waals surface area (Å²) in [5.41, 5.74) is 4.71. The third-order valence-electron chi connectivity index (χ3n) is 7.89. The third kappa shape index (κ3) is 6.29. The Morgan fingerprint density at radius 1 is 0.628 bits per heavy atom. The molecule has 5 rings (SSSR count). The molecule has 0 aliphatic heterocycles. The number of rotatable bonds is 11. The molecule has 0 fully saturated rings. The highest BCUT2D eigenvalue weighted by Gasteiger charge is 2.51. The fourth-order valence-corrected chi connectivity index (χ4v) is 7.63. The van der Waals surface area contributed by atoms with E-state index in [0.29, 0.717) is 17.9 Å². The van der Waals surface area contributed by atoms with Crippen molar-refractivity contribution in [2.45, 2.75) is 52.6 Å². The van der Waals surface area contributed by atoms with Gasteiger partial charge in [0, 0.05) is 18.3 Å². The van der Waals surface area contributed by atoms with Gasteiger partial charge in [-0.1, -0.05) is 104 Å². The van der Waals surface area contributed by atoms with Gasteiger partial charge < -0.3 is 9.05 Å². The van der Waals surface area contributed by atoms with Crippen molar-refractivity contribution in [3.05, 3.63) is 161 Å². The molecule has 6 heteroatoms. The van der Waals surface area contributed by atoms with Gasteiger partial charge in [-0.15, -0.1) is 0 Å². The van der Waals surface area contributed by atoms with Gasteiger partial charge in [0.15, 0.2) is 0 Å². The van der Waals surface area contributed by atoms with E-state index in [2.05, 4.69) is 24.0 Å². The van der Waals surface area contributed by atoms with Crippen molar-refractivity contribution in [1.82, 2.24) is 4.98 Å². The number of phosphoric acid groups is 1. The Kier molecular flexibility index (Phi) is 9.15. The molecule has 5 aromatic rings. The molecule has 220 valence electrons. The van der Waals surface area contributed by atoms with Crippen LogP contribution in [0.2, 0.25) is 0 Å². The molecule has 0 aliphatic rings. The fraction of sp³-hybridized carbons (Fsp3) is 0.216. The predicted molar refractivity (Wildman–Crippen MR) is 173 cm³/mol. The molecule has 43 heavy (non-hydrogen) atoms. The Hall–Kier alpha value is -4.18. The standard InChI is InChI=1S/C37H38NO4P/c1-6-34(31-19-9-7-10-20-31)37(32-21-11-8-12-22-32,33-23-25-38-26-24-33)42-43(39,40-35-27(2)15-13-16-28(35)3)41-36-29(4)17-14-18-30(36)5/h7-26,34H,6H2,1-5H3/t34-,37-/m0/s1. The molecule has 0 unspecified atom stereocenters. The molecular formula is C37H38NO4P. The van der Waals surface area contributed by atoms with Crippen molar-refractivity contribution in [3.8, 4) is 11.5 Å². The summed E-state index contributed by atoms with van der Waals surface area (Å²) in [7, 11) is -4.43. The Balaban J connectivity index is 1.80. The normalized spacial score (nSPS) is 13.6. The summed E-state index contributed by atoms with van der Waals surface area (Å²) in [5, 5.41) is 0. The summed E-state index contributed by atoms with van der Waals surface area (Å²) in [6, 6.07) is 35.5. The van der Waals surface area contributed by atoms with Crippen molar-refractivity contribution in [3.63, 3.8) is 0 Å². The Morgan fingerprint density at radius 3 is 1.53 bits per heavy atom. The van der Waals surface area contributed by atoms with Crippen molar-refractivity contribution < 1.29 is 18.1 Å². The van der Waals surface area contributed by atoms with Gasteiger partial charge in [-0.3, -0.25) is 9.51 Å². The zero-order valence-corrected chi connectivity index (χ0v) is 26.3. The van der Waals surface area contributed by atoms with Crippen LogP contribution in [0.1, 0.15) is 58.2 Å². The zero-order chi connectivity index (χ0) is 30.5. The lowest BCUT2D eigenvalue weighted by molar-refractivity contribution is 0.0444. The minimum absolute atomic E-state index is 0.269. The highest BCUT2D eigenvalue weighted by atomic mass is 31.2. The molecule has 0 radical (unpaired) electrons. The van der Waals surface area contributed by atoms with Crippen LogP contribution in [0.4, 0.5) is 0 Å². The number of phosphoric ester groups is 1. The molecule has 0 saturated heterocycles. The van der Waals surface area contributed by atoms with Crippen molar-refractivity contribution in [1.29, 1.82) is 0 Å². The lowest BCUT2D eigenvalue weighted by Gasteiger charge is -2.42. The maximum Gasteiger partial charge on any atom is 0.588 e. The summed E-state index contributed by atoms with van der Waals surface area (Å²) in [6.07, 6.45) is 4.14. The minimum Gasteiger partial charge on any atom is -0.394 e. The third-order valence-corrected chi connectivity index (χ3v) is 9.22. The van der Waals surface area contributed by atoms with E-state index in [1.54, 1.807) is 12.4 Å². The van der Waals surface area contributed by atoms with Gasteiger partial charge in [-0.2, -0.15) is 0 Å². The van der Waals surface area contributed by atoms with Crippen LogP contribution in [-0.2, 0) is 14.7 Å². The molecule has 1 heterocycles. The number of hydrogen-bond acceptors (Lipinski definition) is 5. The smallest absolute Gasteiger partial charge is 0.394 e. The van der Waals surface area contributed by atoms with Gasteiger partial charge in [0.2, 0.25) is 0 Å². The van der Waals surface area contributed by atoms with Gasteiger partial charge in [-0.25, -0.2) is 4.57 Å². The van der Waals surface area contributed by atoms with Gasteiger partial charge in [0.25, 0.3) is 0 Å². The van der Waals surface area contributed by atoms with Gasteiger partial charge in [-0.05, 0) is 85.2 Å². The number of hydrogen-bond donors (Lipinski definition) is 0. The maximum atomic E-state index is 15.5. The van der Waals surface area contributed by atoms with Crippen LogP contribution in [0.15, 0.2) is 122 Å². The van der Waals surface area contributed by atoms with Crippen LogP contribution >= 0.6 is 7.82 Å². The molecular weight excluding hydrogens is 553 g/mol. The van der Waals surface area contributed by atoms with E-state index in [4.69, 9.17) is 13.6 Å². The van der Waals surface area contributed by atoms with E-state index < -0.39 is 13.4 Å². The first-order valence-electron chi connectivity index (χ1n) is 14.6. The average Bonchev–Trinajstić information content (AvgIpc) is 3.02. The number of pyridine rings is 1. The molecule has 4 aromatic carbocycles. The fourth-order valence-electron chi connectivity index (χ4n) is 5.81. The van der Waals surface area contributed by atoms with Gasteiger partial charge in [0.1, 0.15) is 17.1 Å². The predicted octanol–water partition coefficient (Wildman–Crippen LogP) is 10.0. The maximum absolute atomic E-state index is 15.5. The SMILES string of the molecule is CC[C@@H](c1ccccc1)[C@](OP(=O)(Oc1c(C)cccc1C)Oc1c(C)cccc1C)(c1ccccc1)c1ccncc1. The minimum atomic E-state index is -4.43. The molecule has 0 bridgehead atoms. The molecule has 0 saturated carbocycles. The van der Waals surface area contributed by atoms with E-state index in [1.165, 1.54) is 0 Å². The second-order valence-electron chi connectivity index (χ2n) is 10.9. The van der Waals surface area contributed by atoms with E-state index in [1.807, 2.05) is 125 Å². The van der Waals surface area contributed by atoms with Crippen LogP contribution in [-0.4, -0.2) is 4.98 Å².